The van der Waals surface area contributed by atoms with Crippen LogP contribution in [0.15, 0.2) is 36.4 Å². The standard InChI is InChI=1S/C19H21NO5/c1-22-15-6-4-14(12-17(15)23-2)19(21)20-8-7-13-3-5-16-18(11-13)25-10-9-24-16/h3-6,11-12H,7-10H2,1-2H3,(H,20,21). The van der Waals surface area contributed by atoms with E-state index in [0.717, 1.165) is 17.1 Å². The van der Waals surface area contributed by atoms with Gasteiger partial charge in [-0.15, -0.1) is 0 Å². The van der Waals surface area contributed by atoms with E-state index in [1.54, 1.807) is 32.4 Å². The Bertz CT molecular complexity index is 759. The van der Waals surface area contributed by atoms with E-state index in [2.05, 4.69) is 5.32 Å². The Morgan fingerprint density at radius 1 is 1.00 bits per heavy atom. The summed E-state index contributed by atoms with van der Waals surface area (Å²) in [5.74, 6) is 2.50. The monoisotopic (exact) mass is 343 g/mol. The largest absolute Gasteiger partial charge is 0.493 e. The molecule has 0 bridgehead atoms. The first-order valence-electron chi connectivity index (χ1n) is 8.10. The zero-order valence-electron chi connectivity index (χ0n) is 14.3. The second kappa shape index (κ2) is 7.79. The summed E-state index contributed by atoms with van der Waals surface area (Å²) in [7, 11) is 3.10. The zero-order valence-corrected chi connectivity index (χ0v) is 14.3. The number of amides is 1. The number of fused-ring (bicyclic) bond motifs is 1. The molecular formula is C19H21NO5. The van der Waals surface area contributed by atoms with E-state index in [1.807, 2.05) is 18.2 Å². The van der Waals surface area contributed by atoms with Gasteiger partial charge in [-0.1, -0.05) is 6.07 Å². The minimum absolute atomic E-state index is 0.154. The Morgan fingerprint density at radius 2 is 1.76 bits per heavy atom. The molecule has 0 saturated carbocycles. The average molecular weight is 343 g/mol. The van der Waals surface area contributed by atoms with Crippen molar-refractivity contribution in [3.8, 4) is 23.0 Å². The number of hydrogen-bond acceptors (Lipinski definition) is 5. The molecule has 0 aliphatic carbocycles. The third kappa shape index (κ3) is 3.96. The van der Waals surface area contributed by atoms with Gasteiger partial charge in [0.1, 0.15) is 13.2 Å². The Morgan fingerprint density at radius 3 is 2.52 bits per heavy atom. The highest BCUT2D eigenvalue weighted by atomic mass is 16.6. The van der Waals surface area contributed by atoms with Crippen LogP contribution >= 0.6 is 0 Å². The fourth-order valence-corrected chi connectivity index (χ4v) is 2.64. The molecule has 6 nitrogen and oxygen atoms in total. The summed E-state index contributed by atoms with van der Waals surface area (Å²) >= 11 is 0. The molecule has 0 unspecified atom stereocenters. The van der Waals surface area contributed by atoms with Crippen molar-refractivity contribution in [2.45, 2.75) is 6.42 Å². The lowest BCUT2D eigenvalue weighted by Crippen LogP contribution is -2.25. The first-order chi connectivity index (χ1) is 12.2. The molecule has 1 heterocycles. The van der Waals surface area contributed by atoms with Crippen LogP contribution in [0.2, 0.25) is 0 Å². The Kier molecular flexibility index (Phi) is 5.28. The topological polar surface area (TPSA) is 66.0 Å². The van der Waals surface area contributed by atoms with E-state index < -0.39 is 0 Å². The lowest BCUT2D eigenvalue weighted by molar-refractivity contribution is 0.0953. The van der Waals surface area contributed by atoms with E-state index in [-0.39, 0.29) is 5.91 Å². The summed E-state index contributed by atoms with van der Waals surface area (Å²) in [5.41, 5.74) is 1.61. The van der Waals surface area contributed by atoms with Gasteiger partial charge >= 0.3 is 0 Å². The third-order valence-electron chi connectivity index (χ3n) is 3.95. The lowest BCUT2D eigenvalue weighted by atomic mass is 10.1. The first kappa shape index (κ1) is 17.0. The molecule has 0 atom stereocenters. The summed E-state index contributed by atoms with van der Waals surface area (Å²) in [4.78, 5) is 12.3. The van der Waals surface area contributed by atoms with Crippen molar-refractivity contribution in [1.82, 2.24) is 5.32 Å². The second-order valence-electron chi connectivity index (χ2n) is 5.55. The maximum Gasteiger partial charge on any atom is 0.251 e. The fraction of sp³-hybridized carbons (Fsp3) is 0.316. The van der Waals surface area contributed by atoms with Crippen molar-refractivity contribution in [2.75, 3.05) is 34.0 Å². The van der Waals surface area contributed by atoms with Gasteiger partial charge in [0.05, 0.1) is 14.2 Å². The van der Waals surface area contributed by atoms with Crippen LogP contribution in [-0.4, -0.2) is 39.9 Å². The molecule has 0 aromatic heterocycles. The average Bonchev–Trinajstić information content (AvgIpc) is 2.67. The summed E-state index contributed by atoms with van der Waals surface area (Å²) in [6.45, 7) is 1.66. The minimum Gasteiger partial charge on any atom is -0.493 e. The van der Waals surface area contributed by atoms with Crippen LogP contribution in [0.25, 0.3) is 0 Å². The van der Waals surface area contributed by atoms with E-state index in [9.17, 15) is 4.79 Å². The van der Waals surface area contributed by atoms with Gasteiger partial charge in [-0.3, -0.25) is 4.79 Å². The van der Waals surface area contributed by atoms with E-state index in [0.29, 0.717) is 43.2 Å². The summed E-state index contributed by atoms with van der Waals surface area (Å²) in [6.07, 6.45) is 0.704. The van der Waals surface area contributed by atoms with Gasteiger partial charge in [-0.25, -0.2) is 0 Å². The number of ether oxygens (including phenoxy) is 4. The molecule has 0 radical (unpaired) electrons. The Hall–Kier alpha value is -2.89. The fourth-order valence-electron chi connectivity index (χ4n) is 2.64. The summed E-state index contributed by atoms with van der Waals surface area (Å²) < 4.78 is 21.5. The molecule has 6 heteroatoms. The van der Waals surface area contributed by atoms with Crippen LogP contribution in [0.4, 0.5) is 0 Å². The normalized spacial score (nSPS) is 12.4. The second-order valence-corrected chi connectivity index (χ2v) is 5.55. The van der Waals surface area contributed by atoms with E-state index in [4.69, 9.17) is 18.9 Å². The molecule has 2 aromatic carbocycles. The van der Waals surface area contributed by atoms with E-state index >= 15 is 0 Å². The van der Waals surface area contributed by atoms with Gasteiger partial charge in [-0.2, -0.15) is 0 Å². The molecule has 2 aromatic rings. The van der Waals surface area contributed by atoms with Crippen LogP contribution in [0.1, 0.15) is 15.9 Å². The maximum absolute atomic E-state index is 12.3. The van der Waals surface area contributed by atoms with Crippen molar-refractivity contribution in [3.05, 3.63) is 47.5 Å². The number of carbonyl (C=O) groups excluding carboxylic acids is 1. The SMILES string of the molecule is COc1ccc(C(=O)NCCc2ccc3c(c2)OCCO3)cc1OC. The molecule has 1 aliphatic heterocycles. The Balaban J connectivity index is 1.57. The van der Waals surface area contributed by atoms with Crippen LogP contribution in [0, 0.1) is 0 Å². The lowest BCUT2D eigenvalue weighted by Gasteiger charge is -2.18. The van der Waals surface area contributed by atoms with Crippen LogP contribution < -0.4 is 24.3 Å². The molecule has 1 aliphatic rings. The van der Waals surface area contributed by atoms with Crippen LogP contribution in [0.3, 0.4) is 0 Å². The van der Waals surface area contributed by atoms with Crippen molar-refractivity contribution in [1.29, 1.82) is 0 Å². The number of benzene rings is 2. The summed E-state index contributed by atoms with van der Waals surface area (Å²) in [6, 6.07) is 10.9. The van der Waals surface area contributed by atoms with Gasteiger partial charge in [0.2, 0.25) is 0 Å². The smallest absolute Gasteiger partial charge is 0.251 e. The number of carbonyl (C=O) groups is 1. The molecule has 1 amide bonds. The van der Waals surface area contributed by atoms with Crippen LogP contribution in [-0.2, 0) is 6.42 Å². The Labute approximate surface area is 146 Å². The first-order valence-corrected chi connectivity index (χ1v) is 8.10. The molecule has 0 fully saturated rings. The number of rotatable bonds is 6. The van der Waals surface area contributed by atoms with Gasteiger partial charge in [0.25, 0.3) is 5.91 Å². The number of hydrogen-bond donors (Lipinski definition) is 1. The maximum atomic E-state index is 12.3. The van der Waals surface area contributed by atoms with Gasteiger partial charge in [0, 0.05) is 12.1 Å². The van der Waals surface area contributed by atoms with Gasteiger partial charge in [0.15, 0.2) is 23.0 Å². The van der Waals surface area contributed by atoms with Crippen LogP contribution in [0.5, 0.6) is 23.0 Å². The molecule has 25 heavy (non-hydrogen) atoms. The highest BCUT2D eigenvalue weighted by Crippen LogP contribution is 2.31. The highest BCUT2D eigenvalue weighted by Gasteiger charge is 2.13. The third-order valence-corrected chi connectivity index (χ3v) is 3.95. The molecular weight excluding hydrogens is 322 g/mol. The molecule has 3 rings (SSSR count). The minimum atomic E-state index is -0.154. The van der Waals surface area contributed by atoms with Crippen molar-refractivity contribution in [3.63, 3.8) is 0 Å². The molecule has 1 N–H and O–H groups in total. The van der Waals surface area contributed by atoms with Crippen molar-refractivity contribution < 1.29 is 23.7 Å². The highest BCUT2D eigenvalue weighted by molar-refractivity contribution is 5.94. The molecule has 0 spiro atoms. The molecule has 0 saturated heterocycles. The van der Waals surface area contributed by atoms with E-state index in [1.165, 1.54) is 0 Å². The predicted molar refractivity (Wildman–Crippen MR) is 93.0 cm³/mol. The van der Waals surface area contributed by atoms with Crippen molar-refractivity contribution >= 4 is 5.91 Å². The molecule has 132 valence electrons. The number of methoxy groups -OCH3 is 2. The predicted octanol–water partition coefficient (Wildman–Crippen LogP) is 2.45. The number of nitrogens with one attached hydrogen (secondary N) is 1. The quantitative estimate of drug-likeness (QED) is 0.873. The summed E-state index contributed by atoms with van der Waals surface area (Å²) in [5, 5.41) is 2.91. The van der Waals surface area contributed by atoms with Gasteiger partial charge in [-0.05, 0) is 42.3 Å². The van der Waals surface area contributed by atoms with Crippen molar-refractivity contribution in [2.24, 2.45) is 0 Å². The zero-order chi connectivity index (χ0) is 17.6. The van der Waals surface area contributed by atoms with Gasteiger partial charge < -0.3 is 24.3 Å².